The Kier molecular flexibility index (Phi) is 4.15. The minimum Gasteiger partial charge on any atom is -0.338 e. The Morgan fingerprint density at radius 3 is 2.94 bits per heavy atom. The van der Waals surface area contributed by atoms with Gasteiger partial charge in [-0.1, -0.05) is 25.4 Å². The lowest BCUT2D eigenvalue weighted by Crippen LogP contribution is -2.36. The standard InChI is InChI=1S/C13H23N3O/c1-10(2)8-12-14-13(17-15-12)9-16-7-5-4-6-11(16)3/h10-11H,4-9H2,1-3H3/t11-/m0/s1. The maximum Gasteiger partial charge on any atom is 0.240 e. The van der Waals surface area contributed by atoms with Crippen molar-refractivity contribution in [2.75, 3.05) is 6.54 Å². The fraction of sp³-hybridized carbons (Fsp3) is 0.846. The first kappa shape index (κ1) is 12.6. The minimum absolute atomic E-state index is 0.578. The maximum atomic E-state index is 5.31. The predicted octanol–water partition coefficient (Wildman–Crippen LogP) is 2.64. The summed E-state index contributed by atoms with van der Waals surface area (Å²) in [5.74, 6) is 2.20. The van der Waals surface area contributed by atoms with Crippen molar-refractivity contribution in [1.29, 1.82) is 0 Å². The third-order valence-electron chi connectivity index (χ3n) is 3.38. The first-order chi connectivity index (χ1) is 8.15. The van der Waals surface area contributed by atoms with E-state index in [1.165, 1.54) is 19.3 Å². The number of aromatic nitrogens is 2. The van der Waals surface area contributed by atoms with Gasteiger partial charge in [0.2, 0.25) is 5.89 Å². The van der Waals surface area contributed by atoms with Gasteiger partial charge in [0.05, 0.1) is 6.54 Å². The molecule has 1 aliphatic rings. The van der Waals surface area contributed by atoms with Gasteiger partial charge in [0.15, 0.2) is 5.82 Å². The fourth-order valence-electron chi connectivity index (χ4n) is 2.37. The van der Waals surface area contributed by atoms with Crippen LogP contribution in [0.1, 0.15) is 51.7 Å². The van der Waals surface area contributed by atoms with Crippen LogP contribution in [0.3, 0.4) is 0 Å². The number of likely N-dealkylation sites (tertiary alicyclic amines) is 1. The molecule has 2 heterocycles. The van der Waals surface area contributed by atoms with E-state index in [1.807, 2.05) is 0 Å². The number of piperidine rings is 1. The highest BCUT2D eigenvalue weighted by molar-refractivity contribution is 4.88. The summed E-state index contributed by atoms with van der Waals surface area (Å²) in [4.78, 5) is 6.90. The van der Waals surface area contributed by atoms with Crippen LogP contribution in [0.2, 0.25) is 0 Å². The molecule has 0 aliphatic carbocycles. The molecule has 2 rings (SSSR count). The van der Waals surface area contributed by atoms with Crippen LogP contribution in [0.5, 0.6) is 0 Å². The summed E-state index contributed by atoms with van der Waals surface area (Å²) in [5, 5.41) is 4.03. The van der Waals surface area contributed by atoms with E-state index >= 15 is 0 Å². The summed E-state index contributed by atoms with van der Waals surface area (Å²) in [6, 6.07) is 0.643. The molecule has 0 bridgehead atoms. The van der Waals surface area contributed by atoms with Gasteiger partial charge in [0.25, 0.3) is 0 Å². The molecule has 1 aliphatic heterocycles. The zero-order valence-corrected chi connectivity index (χ0v) is 11.1. The van der Waals surface area contributed by atoms with E-state index in [9.17, 15) is 0 Å². The molecule has 1 saturated heterocycles. The van der Waals surface area contributed by atoms with Gasteiger partial charge in [0, 0.05) is 12.5 Å². The molecule has 1 fully saturated rings. The zero-order chi connectivity index (χ0) is 12.3. The van der Waals surface area contributed by atoms with Crippen molar-refractivity contribution in [1.82, 2.24) is 15.0 Å². The van der Waals surface area contributed by atoms with E-state index in [-0.39, 0.29) is 0 Å². The summed E-state index contributed by atoms with van der Waals surface area (Å²) < 4.78 is 5.31. The van der Waals surface area contributed by atoms with Gasteiger partial charge in [-0.15, -0.1) is 0 Å². The number of nitrogens with zero attached hydrogens (tertiary/aromatic N) is 3. The zero-order valence-electron chi connectivity index (χ0n) is 11.1. The summed E-state index contributed by atoms with van der Waals surface area (Å²) in [6.07, 6.45) is 4.82. The molecular formula is C13H23N3O. The molecule has 0 spiro atoms. The number of hydrogen-bond acceptors (Lipinski definition) is 4. The lowest BCUT2D eigenvalue weighted by molar-refractivity contribution is 0.135. The molecule has 1 aromatic heterocycles. The Labute approximate surface area is 103 Å². The predicted molar refractivity (Wildman–Crippen MR) is 66.6 cm³/mol. The maximum absolute atomic E-state index is 5.31. The summed E-state index contributed by atoms with van der Waals surface area (Å²) in [6.45, 7) is 8.59. The highest BCUT2D eigenvalue weighted by Crippen LogP contribution is 2.18. The molecule has 0 aromatic carbocycles. The van der Waals surface area contributed by atoms with Crippen LogP contribution in [0, 0.1) is 5.92 Å². The van der Waals surface area contributed by atoms with Crippen molar-refractivity contribution < 1.29 is 4.52 Å². The van der Waals surface area contributed by atoms with Crippen molar-refractivity contribution >= 4 is 0 Å². The van der Waals surface area contributed by atoms with Crippen molar-refractivity contribution in [3.63, 3.8) is 0 Å². The van der Waals surface area contributed by atoms with Crippen LogP contribution in [0.4, 0.5) is 0 Å². The summed E-state index contributed by atoms with van der Waals surface area (Å²) in [7, 11) is 0. The Hall–Kier alpha value is -0.900. The highest BCUT2D eigenvalue weighted by atomic mass is 16.5. The highest BCUT2D eigenvalue weighted by Gasteiger charge is 2.20. The normalized spacial score (nSPS) is 22.2. The van der Waals surface area contributed by atoms with Gasteiger partial charge >= 0.3 is 0 Å². The molecule has 0 saturated carbocycles. The molecule has 4 nitrogen and oxygen atoms in total. The van der Waals surface area contributed by atoms with Gasteiger partial charge < -0.3 is 4.52 Å². The molecule has 0 unspecified atom stereocenters. The smallest absolute Gasteiger partial charge is 0.240 e. The third-order valence-corrected chi connectivity index (χ3v) is 3.38. The van der Waals surface area contributed by atoms with E-state index in [0.29, 0.717) is 12.0 Å². The van der Waals surface area contributed by atoms with E-state index < -0.39 is 0 Å². The van der Waals surface area contributed by atoms with Gasteiger partial charge in [-0.25, -0.2) is 0 Å². The molecule has 0 radical (unpaired) electrons. The second-order valence-corrected chi connectivity index (χ2v) is 5.52. The summed E-state index contributed by atoms with van der Waals surface area (Å²) in [5.41, 5.74) is 0. The number of rotatable bonds is 4. The Balaban J connectivity index is 1.91. The quantitative estimate of drug-likeness (QED) is 0.807. The lowest BCUT2D eigenvalue weighted by Gasteiger charge is -2.31. The minimum atomic E-state index is 0.578. The van der Waals surface area contributed by atoms with Crippen LogP contribution in [0.25, 0.3) is 0 Å². The van der Waals surface area contributed by atoms with E-state index in [4.69, 9.17) is 4.52 Å². The molecule has 4 heteroatoms. The SMILES string of the molecule is CC(C)Cc1noc(CN2CCCC[C@@H]2C)n1. The second-order valence-electron chi connectivity index (χ2n) is 5.52. The second kappa shape index (κ2) is 5.63. The van der Waals surface area contributed by atoms with Crippen molar-refractivity contribution in [3.8, 4) is 0 Å². The van der Waals surface area contributed by atoms with Crippen LogP contribution in [-0.4, -0.2) is 27.6 Å². The molecule has 1 aromatic rings. The molecular weight excluding hydrogens is 214 g/mol. The number of hydrogen-bond donors (Lipinski definition) is 0. The first-order valence-corrected chi connectivity index (χ1v) is 6.70. The van der Waals surface area contributed by atoms with E-state index in [1.54, 1.807) is 0 Å². The van der Waals surface area contributed by atoms with Crippen LogP contribution >= 0.6 is 0 Å². The average molecular weight is 237 g/mol. The Bertz CT molecular complexity index is 348. The summed E-state index contributed by atoms with van der Waals surface area (Å²) >= 11 is 0. The van der Waals surface area contributed by atoms with Crippen molar-refractivity contribution in [2.24, 2.45) is 5.92 Å². The fourth-order valence-corrected chi connectivity index (χ4v) is 2.37. The average Bonchev–Trinajstić information content (AvgIpc) is 2.68. The van der Waals surface area contributed by atoms with Crippen molar-refractivity contribution in [2.45, 2.75) is 59.0 Å². The van der Waals surface area contributed by atoms with Gasteiger partial charge in [0.1, 0.15) is 0 Å². The molecule has 0 amide bonds. The van der Waals surface area contributed by atoms with Crippen LogP contribution < -0.4 is 0 Å². The van der Waals surface area contributed by atoms with Crippen LogP contribution in [0.15, 0.2) is 4.52 Å². The van der Waals surface area contributed by atoms with E-state index in [0.717, 1.165) is 31.2 Å². The molecule has 96 valence electrons. The largest absolute Gasteiger partial charge is 0.338 e. The monoisotopic (exact) mass is 237 g/mol. The molecule has 1 atom stereocenters. The van der Waals surface area contributed by atoms with Gasteiger partial charge in [-0.2, -0.15) is 4.98 Å². The lowest BCUT2D eigenvalue weighted by atomic mass is 10.0. The molecule has 17 heavy (non-hydrogen) atoms. The van der Waals surface area contributed by atoms with E-state index in [2.05, 4.69) is 35.8 Å². The molecule has 0 N–H and O–H groups in total. The van der Waals surface area contributed by atoms with Crippen LogP contribution in [-0.2, 0) is 13.0 Å². The van der Waals surface area contributed by atoms with Gasteiger partial charge in [-0.3, -0.25) is 4.90 Å². The topological polar surface area (TPSA) is 42.2 Å². The third kappa shape index (κ3) is 3.53. The Morgan fingerprint density at radius 1 is 1.41 bits per heavy atom. The van der Waals surface area contributed by atoms with Gasteiger partial charge in [-0.05, 0) is 32.2 Å². The van der Waals surface area contributed by atoms with Crippen molar-refractivity contribution in [3.05, 3.63) is 11.7 Å². The first-order valence-electron chi connectivity index (χ1n) is 6.70. The Morgan fingerprint density at radius 2 is 2.24 bits per heavy atom.